The first kappa shape index (κ1) is 22.2. The molecule has 2 atom stereocenters. The molecule has 5 nitrogen and oxygen atoms in total. The van der Waals surface area contributed by atoms with Gasteiger partial charge in [-0.2, -0.15) is 13.2 Å². The van der Waals surface area contributed by atoms with Gasteiger partial charge in [-0.25, -0.2) is 0 Å². The molecule has 1 heterocycles. The highest BCUT2D eigenvalue weighted by Crippen LogP contribution is 2.38. The molecule has 0 aromatic heterocycles. The molecule has 1 saturated heterocycles. The van der Waals surface area contributed by atoms with E-state index >= 15 is 0 Å². The number of carbonyl (C=O) groups excluding carboxylic acids is 1. The summed E-state index contributed by atoms with van der Waals surface area (Å²) in [6.45, 7) is 1.47. The van der Waals surface area contributed by atoms with Gasteiger partial charge in [0.2, 0.25) is 0 Å². The Labute approximate surface area is 173 Å². The van der Waals surface area contributed by atoms with Gasteiger partial charge >= 0.3 is 6.18 Å². The normalized spacial score (nSPS) is 23.2. The molecule has 1 aliphatic carbocycles. The summed E-state index contributed by atoms with van der Waals surface area (Å²) in [5.41, 5.74) is -0.667. The topological polar surface area (TPSA) is 59.6 Å². The molecule has 9 heteroatoms. The van der Waals surface area contributed by atoms with E-state index in [1.807, 2.05) is 0 Å². The van der Waals surface area contributed by atoms with Gasteiger partial charge in [0, 0.05) is 36.2 Å². The van der Waals surface area contributed by atoms with E-state index in [0.29, 0.717) is 6.04 Å². The second-order valence-corrected chi connectivity index (χ2v) is 8.27. The van der Waals surface area contributed by atoms with Crippen LogP contribution in [0.3, 0.4) is 0 Å². The predicted octanol–water partition coefficient (Wildman–Crippen LogP) is 3.86. The standard InChI is InChI=1S/C20H27F3N2O3S/c1-27-16-10-12(20(21,22)23)11-17(29-2)18(16)19(26)25-15-5-3-4-14(15)24-13-6-8-28-9-7-13/h10-11,13-15,24H,3-9H2,1-2H3,(H,25,26)/t14-,15+/m0/s1. The van der Waals surface area contributed by atoms with Crippen LogP contribution in [0.5, 0.6) is 5.75 Å². The Morgan fingerprint density at radius 1 is 1.17 bits per heavy atom. The number of ether oxygens (including phenoxy) is 2. The molecule has 1 amide bonds. The SMILES string of the molecule is COc1cc(C(F)(F)F)cc(SC)c1C(=O)N[C@@H]1CCC[C@@H]1NC1CCOCC1. The molecule has 0 bridgehead atoms. The second kappa shape index (κ2) is 9.57. The zero-order chi connectivity index (χ0) is 21.0. The van der Waals surface area contributed by atoms with Gasteiger partial charge in [-0.1, -0.05) is 0 Å². The molecule has 0 radical (unpaired) electrons. The maximum absolute atomic E-state index is 13.2. The van der Waals surface area contributed by atoms with Crippen molar-refractivity contribution in [2.24, 2.45) is 0 Å². The van der Waals surface area contributed by atoms with E-state index in [0.717, 1.165) is 69.2 Å². The molecule has 2 fully saturated rings. The number of hydrogen-bond acceptors (Lipinski definition) is 5. The van der Waals surface area contributed by atoms with Crippen LogP contribution >= 0.6 is 11.8 Å². The van der Waals surface area contributed by atoms with Crippen molar-refractivity contribution in [3.63, 3.8) is 0 Å². The van der Waals surface area contributed by atoms with Crippen molar-refractivity contribution in [2.45, 2.75) is 61.3 Å². The molecular weight excluding hydrogens is 405 g/mol. The molecule has 162 valence electrons. The summed E-state index contributed by atoms with van der Waals surface area (Å²) < 4.78 is 50.1. The van der Waals surface area contributed by atoms with Crippen LogP contribution in [0.15, 0.2) is 17.0 Å². The van der Waals surface area contributed by atoms with Crippen LogP contribution in [0.4, 0.5) is 13.2 Å². The summed E-state index contributed by atoms with van der Waals surface area (Å²) >= 11 is 1.10. The summed E-state index contributed by atoms with van der Waals surface area (Å²) in [6.07, 6.45) is 1.83. The molecule has 0 spiro atoms. The van der Waals surface area contributed by atoms with Crippen molar-refractivity contribution in [1.82, 2.24) is 10.6 Å². The molecule has 0 unspecified atom stereocenters. The maximum Gasteiger partial charge on any atom is 0.416 e. The predicted molar refractivity (Wildman–Crippen MR) is 106 cm³/mol. The molecule has 2 N–H and O–H groups in total. The van der Waals surface area contributed by atoms with Crippen LogP contribution in [-0.4, -0.2) is 50.6 Å². The quantitative estimate of drug-likeness (QED) is 0.669. The van der Waals surface area contributed by atoms with E-state index < -0.39 is 17.6 Å². The maximum atomic E-state index is 13.2. The van der Waals surface area contributed by atoms with Gasteiger partial charge < -0.3 is 20.1 Å². The lowest BCUT2D eigenvalue weighted by Crippen LogP contribution is -2.51. The number of hydrogen-bond donors (Lipinski definition) is 2. The van der Waals surface area contributed by atoms with Crippen molar-refractivity contribution in [3.05, 3.63) is 23.3 Å². The Hall–Kier alpha value is -1.45. The van der Waals surface area contributed by atoms with Gasteiger partial charge in [0.15, 0.2) is 0 Å². The number of nitrogens with one attached hydrogen (secondary N) is 2. The number of methoxy groups -OCH3 is 1. The van der Waals surface area contributed by atoms with Gasteiger partial charge in [0.25, 0.3) is 5.91 Å². The highest BCUT2D eigenvalue weighted by molar-refractivity contribution is 7.98. The van der Waals surface area contributed by atoms with E-state index in [2.05, 4.69) is 10.6 Å². The van der Waals surface area contributed by atoms with Gasteiger partial charge in [0.05, 0.1) is 18.2 Å². The first-order chi connectivity index (χ1) is 13.8. The third-order valence-electron chi connectivity index (χ3n) is 5.56. The lowest BCUT2D eigenvalue weighted by atomic mass is 10.0. The summed E-state index contributed by atoms with van der Waals surface area (Å²) in [6, 6.07) is 2.36. The molecule has 2 aliphatic rings. The summed E-state index contributed by atoms with van der Waals surface area (Å²) in [5.74, 6) is -0.459. The second-order valence-electron chi connectivity index (χ2n) is 7.42. The minimum absolute atomic E-state index is 0.0615. The van der Waals surface area contributed by atoms with Crippen molar-refractivity contribution in [1.29, 1.82) is 0 Å². The van der Waals surface area contributed by atoms with Crippen LogP contribution in [-0.2, 0) is 10.9 Å². The largest absolute Gasteiger partial charge is 0.496 e. The fraction of sp³-hybridized carbons (Fsp3) is 0.650. The average Bonchev–Trinajstić information content (AvgIpc) is 3.13. The van der Waals surface area contributed by atoms with Gasteiger partial charge in [0.1, 0.15) is 5.75 Å². The molecule has 1 aliphatic heterocycles. The Bertz CT molecular complexity index is 698. The molecule has 29 heavy (non-hydrogen) atoms. The zero-order valence-electron chi connectivity index (χ0n) is 16.6. The molecular formula is C20H27F3N2O3S. The fourth-order valence-corrected chi connectivity index (χ4v) is 4.68. The van der Waals surface area contributed by atoms with Gasteiger partial charge in [-0.05, 0) is 50.5 Å². The number of halogens is 3. The highest BCUT2D eigenvalue weighted by atomic mass is 32.2. The first-order valence-electron chi connectivity index (χ1n) is 9.81. The number of benzene rings is 1. The lowest BCUT2D eigenvalue weighted by molar-refractivity contribution is -0.137. The number of thioether (sulfide) groups is 1. The van der Waals surface area contributed by atoms with Crippen LogP contribution in [0.25, 0.3) is 0 Å². The summed E-state index contributed by atoms with van der Waals surface area (Å²) in [4.78, 5) is 13.3. The fourth-order valence-electron chi connectivity index (χ4n) is 4.04. The Morgan fingerprint density at radius 3 is 2.48 bits per heavy atom. The van der Waals surface area contributed by atoms with Crippen LogP contribution in [0.1, 0.15) is 48.0 Å². The minimum Gasteiger partial charge on any atom is -0.496 e. The summed E-state index contributed by atoms with van der Waals surface area (Å²) in [5, 5.41) is 6.67. The number of amides is 1. The third kappa shape index (κ3) is 5.38. The molecule has 3 rings (SSSR count). The van der Waals surface area contributed by atoms with Gasteiger partial charge in [-0.15, -0.1) is 11.8 Å². The van der Waals surface area contributed by atoms with Gasteiger partial charge in [-0.3, -0.25) is 4.79 Å². The summed E-state index contributed by atoms with van der Waals surface area (Å²) in [7, 11) is 1.28. The van der Waals surface area contributed by atoms with E-state index in [1.165, 1.54) is 7.11 Å². The lowest BCUT2D eigenvalue weighted by Gasteiger charge is -2.30. The Balaban J connectivity index is 1.77. The Kier molecular flexibility index (Phi) is 7.34. The van der Waals surface area contributed by atoms with Crippen molar-refractivity contribution in [3.8, 4) is 5.75 Å². The van der Waals surface area contributed by atoms with Crippen molar-refractivity contribution in [2.75, 3.05) is 26.6 Å². The van der Waals surface area contributed by atoms with Crippen molar-refractivity contribution < 1.29 is 27.4 Å². The smallest absolute Gasteiger partial charge is 0.416 e. The average molecular weight is 433 g/mol. The number of alkyl halides is 3. The third-order valence-corrected chi connectivity index (χ3v) is 6.33. The van der Waals surface area contributed by atoms with E-state index in [9.17, 15) is 18.0 Å². The van der Waals surface area contributed by atoms with Crippen LogP contribution in [0, 0.1) is 0 Å². The molecule has 1 aromatic rings. The molecule has 1 saturated carbocycles. The monoisotopic (exact) mass is 432 g/mol. The Morgan fingerprint density at radius 2 is 1.86 bits per heavy atom. The van der Waals surface area contributed by atoms with Crippen molar-refractivity contribution >= 4 is 17.7 Å². The number of rotatable bonds is 6. The van der Waals surface area contributed by atoms with Crippen LogP contribution < -0.4 is 15.4 Å². The zero-order valence-corrected chi connectivity index (χ0v) is 17.4. The minimum atomic E-state index is -4.50. The number of carbonyl (C=O) groups is 1. The highest BCUT2D eigenvalue weighted by Gasteiger charge is 2.35. The first-order valence-corrected chi connectivity index (χ1v) is 11.0. The van der Waals surface area contributed by atoms with E-state index in [1.54, 1.807) is 6.26 Å². The van der Waals surface area contributed by atoms with Crippen LogP contribution in [0.2, 0.25) is 0 Å². The van der Waals surface area contributed by atoms with E-state index in [-0.39, 0.29) is 28.3 Å². The van der Waals surface area contributed by atoms with E-state index in [4.69, 9.17) is 9.47 Å². The molecule has 1 aromatic carbocycles.